The molecule has 0 unspecified atom stereocenters. The van der Waals surface area contributed by atoms with Gasteiger partial charge in [-0.3, -0.25) is 14.3 Å². The molecule has 1 fully saturated rings. The number of carbonyl (C=O) groups excluding carboxylic acids is 1. The normalized spacial score (nSPS) is 18.9. The highest BCUT2D eigenvalue weighted by molar-refractivity contribution is 7.92. The number of fused-ring (bicyclic) bond motifs is 1. The predicted octanol–water partition coefficient (Wildman–Crippen LogP) is 3.95. The topological polar surface area (TPSA) is 108 Å². The molecule has 1 aromatic heterocycles. The predicted molar refractivity (Wildman–Crippen MR) is 125 cm³/mol. The van der Waals surface area contributed by atoms with Gasteiger partial charge in [-0.15, -0.1) is 0 Å². The summed E-state index contributed by atoms with van der Waals surface area (Å²) in [5.74, 6) is -0.0744. The van der Waals surface area contributed by atoms with Crippen LogP contribution in [-0.2, 0) is 10.0 Å². The van der Waals surface area contributed by atoms with Crippen LogP contribution in [0.25, 0.3) is 10.9 Å². The molecule has 1 amide bonds. The SMILES string of the molecule is Cc1ccccc1NS(=O)(=O)c1ccc2[nH]cc(C(=O)N[C@@H]3CCCC[C@@H]3C)c(=O)c2c1. The number of aryl methyl sites for hydroxylation is 1. The zero-order valence-electron chi connectivity index (χ0n) is 18.1. The lowest BCUT2D eigenvalue weighted by atomic mass is 9.86. The van der Waals surface area contributed by atoms with E-state index in [1.54, 1.807) is 25.1 Å². The summed E-state index contributed by atoms with van der Waals surface area (Å²) in [7, 11) is -3.91. The Morgan fingerprint density at radius 3 is 2.59 bits per heavy atom. The molecule has 0 radical (unpaired) electrons. The van der Waals surface area contributed by atoms with Crippen LogP contribution in [0.3, 0.4) is 0 Å². The summed E-state index contributed by atoms with van der Waals surface area (Å²) in [6.07, 6.45) is 5.54. The molecule has 1 aliphatic carbocycles. The molecule has 0 saturated heterocycles. The van der Waals surface area contributed by atoms with Gasteiger partial charge in [0.1, 0.15) is 5.56 Å². The van der Waals surface area contributed by atoms with Gasteiger partial charge in [0, 0.05) is 23.1 Å². The summed E-state index contributed by atoms with van der Waals surface area (Å²) in [5, 5.41) is 3.14. The van der Waals surface area contributed by atoms with Gasteiger partial charge >= 0.3 is 0 Å². The van der Waals surface area contributed by atoms with Gasteiger partial charge in [0.2, 0.25) is 5.43 Å². The summed E-state index contributed by atoms with van der Waals surface area (Å²) in [4.78, 5) is 28.8. The number of rotatable bonds is 5. The third-order valence-electron chi connectivity index (χ3n) is 6.22. The summed E-state index contributed by atoms with van der Waals surface area (Å²) < 4.78 is 28.4. The number of hydrogen-bond donors (Lipinski definition) is 3. The number of sulfonamides is 1. The van der Waals surface area contributed by atoms with Gasteiger partial charge in [0.15, 0.2) is 0 Å². The highest BCUT2D eigenvalue weighted by Crippen LogP contribution is 2.24. The Kier molecular flexibility index (Phi) is 6.06. The lowest BCUT2D eigenvalue weighted by molar-refractivity contribution is 0.0909. The minimum atomic E-state index is -3.91. The lowest BCUT2D eigenvalue weighted by Gasteiger charge is -2.29. The Morgan fingerprint density at radius 1 is 1.09 bits per heavy atom. The molecule has 3 aromatic rings. The van der Waals surface area contributed by atoms with E-state index in [1.165, 1.54) is 24.4 Å². The van der Waals surface area contributed by atoms with Crippen LogP contribution in [0.5, 0.6) is 0 Å². The first kappa shape index (κ1) is 22.1. The molecule has 0 aliphatic heterocycles. The molecule has 32 heavy (non-hydrogen) atoms. The molecule has 0 spiro atoms. The lowest BCUT2D eigenvalue weighted by Crippen LogP contribution is -2.42. The van der Waals surface area contributed by atoms with Gasteiger partial charge in [-0.25, -0.2) is 8.42 Å². The number of anilines is 1. The molecule has 2 aromatic carbocycles. The molecule has 1 heterocycles. The first-order valence-corrected chi connectivity index (χ1v) is 12.3. The molecule has 4 rings (SSSR count). The first-order valence-electron chi connectivity index (χ1n) is 10.8. The standard InChI is InChI=1S/C24H27N3O4S/c1-15-7-3-5-9-20(15)26-24(29)19-14-25-22-12-11-17(13-18(22)23(19)28)32(30,31)27-21-10-6-4-8-16(21)2/h4,6,8,10-15,20,27H,3,5,7,9H2,1-2H3,(H,25,28)(H,26,29)/t15-,20+/m0/s1. The van der Waals surface area contributed by atoms with E-state index in [1.807, 2.05) is 6.07 Å². The highest BCUT2D eigenvalue weighted by atomic mass is 32.2. The van der Waals surface area contributed by atoms with Crippen molar-refractivity contribution in [1.29, 1.82) is 0 Å². The molecule has 0 bridgehead atoms. The zero-order chi connectivity index (χ0) is 22.9. The number of aromatic nitrogens is 1. The Morgan fingerprint density at radius 2 is 1.84 bits per heavy atom. The van der Waals surface area contributed by atoms with Gasteiger partial charge in [0.25, 0.3) is 15.9 Å². The van der Waals surface area contributed by atoms with E-state index in [9.17, 15) is 18.0 Å². The maximum absolute atomic E-state index is 13.1. The van der Waals surface area contributed by atoms with Crippen LogP contribution in [0.4, 0.5) is 5.69 Å². The van der Waals surface area contributed by atoms with Crippen LogP contribution in [0.15, 0.2) is 58.4 Å². The Balaban J connectivity index is 1.66. The van der Waals surface area contributed by atoms with Crippen LogP contribution in [-0.4, -0.2) is 25.4 Å². The Labute approximate surface area is 187 Å². The van der Waals surface area contributed by atoms with E-state index in [0.717, 1.165) is 31.2 Å². The van der Waals surface area contributed by atoms with Crippen LogP contribution < -0.4 is 15.5 Å². The van der Waals surface area contributed by atoms with Crippen molar-refractivity contribution in [2.24, 2.45) is 5.92 Å². The van der Waals surface area contributed by atoms with Crippen LogP contribution in [0.2, 0.25) is 0 Å². The van der Waals surface area contributed by atoms with Gasteiger partial charge in [-0.05, 0) is 55.5 Å². The molecule has 1 saturated carbocycles. The van der Waals surface area contributed by atoms with Gasteiger partial charge < -0.3 is 10.3 Å². The number of nitrogens with one attached hydrogen (secondary N) is 3. The number of para-hydroxylation sites is 1. The Hall–Kier alpha value is -3.13. The summed E-state index contributed by atoms with van der Waals surface area (Å²) in [5.41, 5.74) is 1.21. The number of H-pyrrole nitrogens is 1. The molecule has 2 atom stereocenters. The number of aromatic amines is 1. The summed E-state index contributed by atoms with van der Waals surface area (Å²) in [6, 6.07) is 11.4. The number of carbonyl (C=O) groups is 1. The summed E-state index contributed by atoms with van der Waals surface area (Å²) >= 11 is 0. The maximum Gasteiger partial charge on any atom is 0.261 e. The summed E-state index contributed by atoms with van der Waals surface area (Å²) in [6.45, 7) is 3.91. The maximum atomic E-state index is 13.1. The minimum absolute atomic E-state index is 0.0170. The van der Waals surface area contributed by atoms with Crippen molar-refractivity contribution in [2.75, 3.05) is 4.72 Å². The number of hydrogen-bond acceptors (Lipinski definition) is 4. The fourth-order valence-corrected chi connectivity index (χ4v) is 5.36. The van der Waals surface area contributed by atoms with E-state index in [0.29, 0.717) is 17.1 Å². The van der Waals surface area contributed by atoms with E-state index in [4.69, 9.17) is 0 Å². The third-order valence-corrected chi connectivity index (χ3v) is 7.59. The molecular weight excluding hydrogens is 426 g/mol. The Bertz CT molecular complexity index is 1330. The van der Waals surface area contributed by atoms with Crippen LogP contribution in [0, 0.1) is 12.8 Å². The van der Waals surface area contributed by atoms with Crippen LogP contribution in [0.1, 0.15) is 48.5 Å². The van der Waals surface area contributed by atoms with Crippen molar-refractivity contribution < 1.29 is 13.2 Å². The van der Waals surface area contributed by atoms with E-state index < -0.39 is 21.4 Å². The molecule has 7 nitrogen and oxygen atoms in total. The van der Waals surface area contributed by atoms with Crippen molar-refractivity contribution in [3.05, 3.63) is 70.0 Å². The monoisotopic (exact) mass is 453 g/mol. The van der Waals surface area contributed by atoms with Crippen molar-refractivity contribution in [1.82, 2.24) is 10.3 Å². The number of pyridine rings is 1. The zero-order valence-corrected chi connectivity index (χ0v) is 19.0. The molecule has 168 valence electrons. The van der Waals surface area contributed by atoms with Gasteiger partial charge in [-0.1, -0.05) is 38.0 Å². The van der Waals surface area contributed by atoms with E-state index >= 15 is 0 Å². The molecule has 1 aliphatic rings. The quantitative estimate of drug-likeness (QED) is 0.544. The fourth-order valence-electron chi connectivity index (χ4n) is 4.20. The molecule has 8 heteroatoms. The van der Waals surface area contributed by atoms with Crippen molar-refractivity contribution in [3.63, 3.8) is 0 Å². The third kappa shape index (κ3) is 4.41. The number of amides is 1. The van der Waals surface area contributed by atoms with Crippen molar-refractivity contribution in [3.8, 4) is 0 Å². The van der Waals surface area contributed by atoms with E-state index in [-0.39, 0.29) is 21.9 Å². The van der Waals surface area contributed by atoms with Crippen molar-refractivity contribution >= 4 is 32.5 Å². The van der Waals surface area contributed by atoms with Crippen molar-refractivity contribution in [2.45, 2.75) is 50.5 Å². The average molecular weight is 454 g/mol. The molecule has 3 N–H and O–H groups in total. The highest BCUT2D eigenvalue weighted by Gasteiger charge is 2.25. The average Bonchev–Trinajstić information content (AvgIpc) is 2.77. The largest absolute Gasteiger partial charge is 0.360 e. The van der Waals surface area contributed by atoms with Gasteiger partial charge in [-0.2, -0.15) is 0 Å². The van der Waals surface area contributed by atoms with Gasteiger partial charge in [0.05, 0.1) is 10.6 Å². The van der Waals surface area contributed by atoms with E-state index in [2.05, 4.69) is 21.9 Å². The molecular formula is C24H27N3O4S. The minimum Gasteiger partial charge on any atom is -0.360 e. The second-order valence-corrected chi connectivity index (χ2v) is 10.2. The second-order valence-electron chi connectivity index (χ2n) is 8.50. The van der Waals surface area contributed by atoms with Crippen LogP contribution >= 0.6 is 0 Å². The smallest absolute Gasteiger partial charge is 0.261 e. The second kappa shape index (κ2) is 8.78. The first-order chi connectivity index (χ1) is 15.3. The number of benzene rings is 2. The fraction of sp³-hybridized carbons (Fsp3) is 0.333.